The number of hydrogen-bond acceptors (Lipinski definition) is 4. The molecule has 6 heteroatoms. The number of sulfonamides is 1. The molecule has 1 aromatic rings. The van der Waals surface area contributed by atoms with Crippen molar-refractivity contribution in [2.75, 3.05) is 26.3 Å². The summed E-state index contributed by atoms with van der Waals surface area (Å²) in [7, 11) is -3.18. The SMILES string of the molecule is Cc1ccc(C2CCN(S(=O)(=O)C3CCOC3)CC2)cn1. The van der Waals surface area contributed by atoms with Gasteiger partial charge in [0.15, 0.2) is 0 Å². The average molecular weight is 310 g/mol. The molecule has 2 saturated heterocycles. The van der Waals surface area contributed by atoms with E-state index in [9.17, 15) is 8.42 Å². The highest BCUT2D eigenvalue weighted by molar-refractivity contribution is 7.89. The number of aromatic nitrogens is 1. The summed E-state index contributed by atoms with van der Waals surface area (Å²) in [4.78, 5) is 4.34. The van der Waals surface area contributed by atoms with Crippen molar-refractivity contribution in [2.45, 2.75) is 37.4 Å². The minimum atomic E-state index is -3.18. The zero-order chi connectivity index (χ0) is 14.9. The molecule has 0 aliphatic carbocycles. The lowest BCUT2D eigenvalue weighted by molar-refractivity contribution is 0.197. The Morgan fingerprint density at radius 1 is 1.24 bits per heavy atom. The number of rotatable bonds is 3. The molecule has 0 N–H and O–H groups in total. The van der Waals surface area contributed by atoms with Crippen molar-refractivity contribution in [1.29, 1.82) is 0 Å². The fourth-order valence-corrected chi connectivity index (χ4v) is 4.93. The van der Waals surface area contributed by atoms with Crippen LogP contribution < -0.4 is 0 Å². The van der Waals surface area contributed by atoms with E-state index in [2.05, 4.69) is 11.1 Å². The van der Waals surface area contributed by atoms with Crippen LogP contribution >= 0.6 is 0 Å². The lowest BCUT2D eigenvalue weighted by atomic mass is 9.91. The fraction of sp³-hybridized carbons (Fsp3) is 0.667. The van der Waals surface area contributed by atoms with Crippen molar-refractivity contribution in [3.63, 3.8) is 0 Å². The molecule has 0 aromatic carbocycles. The molecule has 1 atom stereocenters. The van der Waals surface area contributed by atoms with E-state index < -0.39 is 10.0 Å². The zero-order valence-electron chi connectivity index (χ0n) is 12.4. The van der Waals surface area contributed by atoms with E-state index >= 15 is 0 Å². The third-order valence-electron chi connectivity index (χ3n) is 4.53. The van der Waals surface area contributed by atoms with Crippen molar-refractivity contribution in [3.05, 3.63) is 29.6 Å². The predicted molar refractivity (Wildman–Crippen MR) is 80.7 cm³/mol. The summed E-state index contributed by atoms with van der Waals surface area (Å²) < 4.78 is 31.9. The lowest BCUT2D eigenvalue weighted by Gasteiger charge is -2.32. The fourth-order valence-electron chi connectivity index (χ4n) is 3.12. The van der Waals surface area contributed by atoms with E-state index in [1.807, 2.05) is 19.2 Å². The Labute approximate surface area is 126 Å². The van der Waals surface area contributed by atoms with Gasteiger partial charge in [-0.1, -0.05) is 6.07 Å². The van der Waals surface area contributed by atoms with Gasteiger partial charge in [0.2, 0.25) is 10.0 Å². The Morgan fingerprint density at radius 2 is 2.00 bits per heavy atom. The van der Waals surface area contributed by atoms with Gasteiger partial charge in [-0.2, -0.15) is 0 Å². The monoisotopic (exact) mass is 310 g/mol. The molecule has 0 amide bonds. The maximum atomic E-state index is 12.5. The van der Waals surface area contributed by atoms with Gasteiger partial charge in [-0.15, -0.1) is 0 Å². The smallest absolute Gasteiger partial charge is 0.219 e. The average Bonchev–Trinajstić information content (AvgIpc) is 3.03. The minimum absolute atomic E-state index is 0.338. The van der Waals surface area contributed by atoms with Crippen LogP contribution in [0.3, 0.4) is 0 Å². The van der Waals surface area contributed by atoms with Gasteiger partial charge in [0, 0.05) is 31.6 Å². The van der Waals surface area contributed by atoms with Crippen molar-refractivity contribution in [2.24, 2.45) is 0 Å². The molecule has 2 aliphatic rings. The molecular weight excluding hydrogens is 288 g/mol. The molecule has 0 saturated carbocycles. The number of aryl methyl sites for hydroxylation is 1. The molecule has 1 aromatic heterocycles. The van der Waals surface area contributed by atoms with Crippen LogP contribution in [0.4, 0.5) is 0 Å². The van der Waals surface area contributed by atoms with Gasteiger partial charge < -0.3 is 4.74 Å². The van der Waals surface area contributed by atoms with Gasteiger partial charge in [0.05, 0.1) is 6.61 Å². The van der Waals surface area contributed by atoms with Gasteiger partial charge >= 0.3 is 0 Å². The van der Waals surface area contributed by atoms with Crippen molar-refractivity contribution in [3.8, 4) is 0 Å². The molecule has 116 valence electrons. The second-order valence-corrected chi connectivity index (χ2v) is 8.15. The first-order valence-electron chi connectivity index (χ1n) is 7.56. The van der Waals surface area contributed by atoms with Crippen molar-refractivity contribution >= 4 is 10.0 Å². The van der Waals surface area contributed by atoms with E-state index in [4.69, 9.17) is 4.74 Å². The second kappa shape index (κ2) is 6.02. The molecule has 3 rings (SSSR count). The Balaban J connectivity index is 1.63. The third-order valence-corrected chi connectivity index (χ3v) is 6.83. The Bertz CT molecular complexity index is 571. The normalized spacial score (nSPS) is 25.3. The highest BCUT2D eigenvalue weighted by Gasteiger charge is 2.36. The van der Waals surface area contributed by atoms with Gasteiger partial charge in [0.1, 0.15) is 5.25 Å². The van der Waals surface area contributed by atoms with Crippen molar-refractivity contribution in [1.82, 2.24) is 9.29 Å². The largest absolute Gasteiger partial charge is 0.380 e. The Hall–Kier alpha value is -0.980. The molecule has 5 nitrogen and oxygen atoms in total. The number of ether oxygens (including phenoxy) is 1. The van der Waals surface area contributed by atoms with E-state index in [1.54, 1.807) is 4.31 Å². The lowest BCUT2D eigenvalue weighted by Crippen LogP contribution is -2.43. The van der Waals surface area contributed by atoms with Gasteiger partial charge in [-0.3, -0.25) is 4.98 Å². The number of nitrogens with zero attached hydrogens (tertiary/aromatic N) is 2. The molecule has 1 unspecified atom stereocenters. The van der Waals surface area contributed by atoms with E-state index in [1.165, 1.54) is 5.56 Å². The zero-order valence-corrected chi connectivity index (χ0v) is 13.2. The van der Waals surface area contributed by atoms with Crippen LogP contribution in [0.2, 0.25) is 0 Å². The Kier molecular flexibility index (Phi) is 4.28. The van der Waals surface area contributed by atoms with Crippen LogP contribution in [-0.2, 0) is 14.8 Å². The van der Waals surface area contributed by atoms with Crippen LogP contribution in [-0.4, -0.2) is 49.3 Å². The highest BCUT2D eigenvalue weighted by atomic mass is 32.2. The number of hydrogen-bond donors (Lipinski definition) is 0. The first-order chi connectivity index (χ1) is 10.1. The Morgan fingerprint density at radius 3 is 2.57 bits per heavy atom. The van der Waals surface area contributed by atoms with E-state index in [0.717, 1.165) is 18.5 Å². The minimum Gasteiger partial charge on any atom is -0.380 e. The highest BCUT2D eigenvalue weighted by Crippen LogP contribution is 2.30. The number of piperidine rings is 1. The molecule has 21 heavy (non-hydrogen) atoms. The topological polar surface area (TPSA) is 59.5 Å². The van der Waals surface area contributed by atoms with Crippen LogP contribution in [0.1, 0.15) is 36.4 Å². The summed E-state index contributed by atoms with van der Waals surface area (Å²) in [5.74, 6) is 0.421. The molecular formula is C15H22N2O3S. The number of pyridine rings is 1. The molecule has 2 aliphatic heterocycles. The maximum Gasteiger partial charge on any atom is 0.219 e. The second-order valence-electron chi connectivity index (χ2n) is 5.94. The van der Waals surface area contributed by atoms with Crippen LogP contribution in [0, 0.1) is 6.92 Å². The van der Waals surface area contributed by atoms with Gasteiger partial charge in [0.25, 0.3) is 0 Å². The standard InChI is InChI=1S/C15H22N2O3S/c1-12-2-3-14(10-16-12)13-4-7-17(8-5-13)21(18,19)15-6-9-20-11-15/h2-3,10,13,15H,4-9,11H2,1H3. The summed E-state index contributed by atoms with van der Waals surface area (Å²) in [6, 6.07) is 4.14. The first kappa shape index (κ1) is 14.9. The summed E-state index contributed by atoms with van der Waals surface area (Å²) in [5, 5.41) is -0.338. The van der Waals surface area contributed by atoms with Crippen LogP contribution in [0.15, 0.2) is 18.3 Å². The third kappa shape index (κ3) is 3.12. The summed E-state index contributed by atoms with van der Waals surface area (Å²) in [6.07, 6.45) is 4.30. The quantitative estimate of drug-likeness (QED) is 0.852. The van der Waals surface area contributed by atoms with E-state index in [-0.39, 0.29) is 5.25 Å². The van der Waals surface area contributed by atoms with Crippen molar-refractivity contribution < 1.29 is 13.2 Å². The maximum absolute atomic E-state index is 12.5. The molecule has 0 radical (unpaired) electrons. The molecule has 0 bridgehead atoms. The predicted octanol–water partition coefficient (Wildman–Crippen LogP) is 1.69. The summed E-state index contributed by atoms with van der Waals surface area (Å²) >= 11 is 0. The summed E-state index contributed by atoms with van der Waals surface area (Å²) in [6.45, 7) is 4.11. The van der Waals surface area contributed by atoms with Gasteiger partial charge in [-0.05, 0) is 43.7 Å². The molecule has 2 fully saturated rings. The first-order valence-corrected chi connectivity index (χ1v) is 9.07. The van der Waals surface area contributed by atoms with Gasteiger partial charge in [-0.25, -0.2) is 12.7 Å². The van der Waals surface area contributed by atoms with Crippen LogP contribution in [0.25, 0.3) is 0 Å². The van der Waals surface area contributed by atoms with E-state index in [0.29, 0.717) is 38.6 Å². The molecule has 0 spiro atoms. The molecule has 3 heterocycles. The van der Waals surface area contributed by atoms with Crippen LogP contribution in [0.5, 0.6) is 0 Å². The summed E-state index contributed by atoms with van der Waals surface area (Å²) in [5.41, 5.74) is 2.24.